The number of hydrazone groups is 1. The lowest BCUT2D eigenvalue weighted by atomic mass is 10.1. The summed E-state index contributed by atoms with van der Waals surface area (Å²) in [5.41, 5.74) is 4.91. The number of unbranched alkanes of at least 4 members (excludes halogenated alkanes) is 2. The van der Waals surface area contributed by atoms with Crippen LogP contribution >= 0.6 is 0 Å². The highest BCUT2D eigenvalue weighted by molar-refractivity contribution is 5.85. The van der Waals surface area contributed by atoms with E-state index in [1.807, 2.05) is 12.1 Å². The first kappa shape index (κ1) is 18.5. The summed E-state index contributed by atoms with van der Waals surface area (Å²) in [5.74, 6) is 0.844. The van der Waals surface area contributed by atoms with Crippen LogP contribution in [0.25, 0.3) is 0 Å². The van der Waals surface area contributed by atoms with E-state index in [4.69, 9.17) is 0 Å². The molecule has 1 amide bonds. The first-order valence-corrected chi connectivity index (χ1v) is 9.37. The zero-order valence-corrected chi connectivity index (χ0v) is 15.3. The molecule has 1 aliphatic carbocycles. The second-order valence-corrected chi connectivity index (χ2v) is 6.60. The van der Waals surface area contributed by atoms with Crippen molar-refractivity contribution in [3.8, 4) is 0 Å². The maximum atomic E-state index is 12.0. The number of rotatable bonds is 10. The Hall–Kier alpha value is -1.84. The lowest BCUT2D eigenvalue weighted by Crippen LogP contribution is -2.21. The van der Waals surface area contributed by atoms with Gasteiger partial charge in [-0.2, -0.15) is 5.10 Å². The standard InChI is InChI=1S/C20H31N3O/c1-4-7-8-9-17-14-19(17)20(24)22-21-15-16-10-12-18(13-11-16)23(5-2)6-3/h10-13,15,17,19H,4-9,14H2,1-3H3,(H,22,24)/b21-15-/t17-,19+/m0/s1. The van der Waals surface area contributed by atoms with Gasteiger partial charge in [-0.15, -0.1) is 0 Å². The van der Waals surface area contributed by atoms with Crippen molar-refractivity contribution >= 4 is 17.8 Å². The molecule has 1 aromatic rings. The molecular weight excluding hydrogens is 298 g/mol. The molecule has 0 aromatic heterocycles. The van der Waals surface area contributed by atoms with Crippen LogP contribution in [-0.4, -0.2) is 25.2 Å². The van der Waals surface area contributed by atoms with E-state index in [-0.39, 0.29) is 11.8 Å². The number of hydrogen-bond acceptors (Lipinski definition) is 3. The topological polar surface area (TPSA) is 44.7 Å². The largest absolute Gasteiger partial charge is 0.372 e. The highest BCUT2D eigenvalue weighted by atomic mass is 16.2. The highest BCUT2D eigenvalue weighted by Crippen LogP contribution is 2.42. The average Bonchev–Trinajstić information content (AvgIpc) is 3.37. The predicted octanol–water partition coefficient (Wildman–Crippen LogP) is 4.20. The van der Waals surface area contributed by atoms with Crippen LogP contribution in [-0.2, 0) is 4.79 Å². The van der Waals surface area contributed by atoms with Gasteiger partial charge in [0.1, 0.15) is 0 Å². The molecule has 0 aliphatic heterocycles. The summed E-state index contributed by atoms with van der Waals surface area (Å²) in [6.45, 7) is 8.52. The van der Waals surface area contributed by atoms with Gasteiger partial charge in [0.25, 0.3) is 0 Å². The molecule has 0 bridgehead atoms. The van der Waals surface area contributed by atoms with Crippen LogP contribution in [0.1, 0.15) is 58.4 Å². The van der Waals surface area contributed by atoms with Crippen LogP contribution in [0.15, 0.2) is 29.4 Å². The van der Waals surface area contributed by atoms with Gasteiger partial charge in [0.15, 0.2) is 0 Å². The molecule has 24 heavy (non-hydrogen) atoms. The summed E-state index contributed by atoms with van der Waals surface area (Å²) in [6, 6.07) is 8.27. The monoisotopic (exact) mass is 329 g/mol. The third-order valence-corrected chi connectivity index (χ3v) is 4.85. The normalized spacial score (nSPS) is 19.5. The number of benzene rings is 1. The fraction of sp³-hybridized carbons (Fsp3) is 0.600. The van der Waals surface area contributed by atoms with Crippen LogP contribution in [0.5, 0.6) is 0 Å². The van der Waals surface area contributed by atoms with Gasteiger partial charge in [-0.05, 0) is 50.3 Å². The van der Waals surface area contributed by atoms with Crippen molar-refractivity contribution in [2.45, 2.75) is 52.9 Å². The Morgan fingerprint density at radius 2 is 1.92 bits per heavy atom. The summed E-state index contributed by atoms with van der Waals surface area (Å²) in [6.07, 6.45) is 7.69. The van der Waals surface area contributed by atoms with Crippen LogP contribution in [0.4, 0.5) is 5.69 Å². The van der Waals surface area contributed by atoms with Crippen molar-refractivity contribution in [2.24, 2.45) is 16.9 Å². The summed E-state index contributed by atoms with van der Waals surface area (Å²) >= 11 is 0. The van der Waals surface area contributed by atoms with Crippen molar-refractivity contribution in [3.63, 3.8) is 0 Å². The summed E-state index contributed by atoms with van der Waals surface area (Å²) in [5, 5.41) is 4.11. The fourth-order valence-electron chi connectivity index (χ4n) is 3.16. The molecule has 0 heterocycles. The van der Waals surface area contributed by atoms with E-state index < -0.39 is 0 Å². The van der Waals surface area contributed by atoms with Crippen molar-refractivity contribution in [3.05, 3.63) is 29.8 Å². The highest BCUT2D eigenvalue weighted by Gasteiger charge is 2.41. The lowest BCUT2D eigenvalue weighted by Gasteiger charge is -2.20. The smallest absolute Gasteiger partial charge is 0.243 e. The van der Waals surface area contributed by atoms with Crippen molar-refractivity contribution in [1.82, 2.24) is 5.43 Å². The third kappa shape index (κ3) is 5.36. The molecule has 4 nitrogen and oxygen atoms in total. The van der Waals surface area contributed by atoms with E-state index in [0.29, 0.717) is 5.92 Å². The number of anilines is 1. The van der Waals surface area contributed by atoms with Gasteiger partial charge in [-0.25, -0.2) is 5.43 Å². The van der Waals surface area contributed by atoms with Gasteiger partial charge in [-0.1, -0.05) is 38.3 Å². The van der Waals surface area contributed by atoms with Gasteiger partial charge in [0, 0.05) is 24.7 Å². The molecule has 1 aliphatic rings. The number of nitrogens with zero attached hydrogens (tertiary/aromatic N) is 2. The van der Waals surface area contributed by atoms with E-state index in [1.165, 1.54) is 31.4 Å². The fourth-order valence-corrected chi connectivity index (χ4v) is 3.16. The first-order chi connectivity index (χ1) is 11.7. The Kier molecular flexibility index (Phi) is 7.29. The van der Waals surface area contributed by atoms with Crippen molar-refractivity contribution in [1.29, 1.82) is 0 Å². The molecule has 0 unspecified atom stereocenters. The van der Waals surface area contributed by atoms with Crippen LogP contribution < -0.4 is 10.3 Å². The molecule has 0 saturated heterocycles. The maximum Gasteiger partial charge on any atom is 0.243 e. The van der Waals surface area contributed by atoms with Crippen molar-refractivity contribution in [2.75, 3.05) is 18.0 Å². The van der Waals surface area contributed by atoms with Crippen LogP contribution in [0, 0.1) is 11.8 Å². The second-order valence-electron chi connectivity index (χ2n) is 6.60. The average molecular weight is 329 g/mol. The molecule has 2 rings (SSSR count). The molecule has 1 fully saturated rings. The molecule has 1 N–H and O–H groups in total. The number of carbonyl (C=O) groups excluding carboxylic acids is 1. The summed E-state index contributed by atoms with van der Waals surface area (Å²) in [7, 11) is 0. The number of carbonyl (C=O) groups is 1. The van der Waals surface area contributed by atoms with Gasteiger partial charge >= 0.3 is 0 Å². The van der Waals surface area contributed by atoms with Crippen molar-refractivity contribution < 1.29 is 4.79 Å². The number of nitrogens with one attached hydrogen (secondary N) is 1. The summed E-state index contributed by atoms with van der Waals surface area (Å²) in [4.78, 5) is 14.3. The lowest BCUT2D eigenvalue weighted by molar-refractivity contribution is -0.122. The Balaban J connectivity index is 1.75. The molecule has 0 spiro atoms. The predicted molar refractivity (Wildman–Crippen MR) is 101 cm³/mol. The quantitative estimate of drug-likeness (QED) is 0.397. The number of hydrogen-bond donors (Lipinski definition) is 1. The molecule has 132 valence electrons. The minimum Gasteiger partial charge on any atom is -0.372 e. The minimum atomic E-state index is 0.0764. The molecular formula is C20H31N3O. The van der Waals surface area contributed by atoms with Gasteiger partial charge < -0.3 is 4.90 Å². The number of amides is 1. The van der Waals surface area contributed by atoms with E-state index in [2.05, 4.69) is 48.3 Å². The second kappa shape index (κ2) is 9.45. The first-order valence-electron chi connectivity index (χ1n) is 9.37. The summed E-state index contributed by atoms with van der Waals surface area (Å²) < 4.78 is 0. The van der Waals surface area contributed by atoms with Crippen LogP contribution in [0.3, 0.4) is 0 Å². The Labute approximate surface area is 146 Å². The zero-order valence-electron chi connectivity index (χ0n) is 15.3. The molecule has 1 aromatic carbocycles. The molecule has 4 heteroatoms. The van der Waals surface area contributed by atoms with Gasteiger partial charge in [0.05, 0.1) is 6.21 Å². The minimum absolute atomic E-state index is 0.0764. The Morgan fingerprint density at radius 1 is 1.21 bits per heavy atom. The van der Waals surface area contributed by atoms with E-state index >= 15 is 0 Å². The Bertz CT molecular complexity index is 534. The van der Waals surface area contributed by atoms with E-state index in [0.717, 1.165) is 25.1 Å². The van der Waals surface area contributed by atoms with E-state index in [9.17, 15) is 4.79 Å². The Morgan fingerprint density at radius 3 is 2.54 bits per heavy atom. The maximum absolute atomic E-state index is 12.0. The zero-order chi connectivity index (χ0) is 17.4. The SMILES string of the molecule is CCCCC[C@H]1C[C@H]1C(=O)N/N=C\c1ccc(N(CC)CC)cc1. The van der Waals surface area contributed by atoms with Crippen LogP contribution in [0.2, 0.25) is 0 Å². The van der Waals surface area contributed by atoms with Gasteiger partial charge in [-0.3, -0.25) is 4.79 Å². The van der Waals surface area contributed by atoms with E-state index in [1.54, 1.807) is 6.21 Å². The van der Waals surface area contributed by atoms with Gasteiger partial charge in [0.2, 0.25) is 5.91 Å². The molecule has 1 saturated carbocycles. The third-order valence-electron chi connectivity index (χ3n) is 4.85. The molecule has 0 radical (unpaired) electrons. The molecule has 2 atom stereocenters.